The Morgan fingerprint density at radius 2 is 2.15 bits per heavy atom. The molecule has 1 atom stereocenters. The van der Waals surface area contributed by atoms with Crippen LogP contribution in [0, 0.1) is 6.92 Å². The van der Waals surface area contributed by atoms with Gasteiger partial charge in [-0.2, -0.15) is 5.10 Å². The highest BCUT2D eigenvalue weighted by Gasteiger charge is 2.20. The predicted molar refractivity (Wildman–Crippen MR) is 103 cm³/mol. The SMILES string of the molecule is COc1cc(Cl)c(C)cc1NC(=O)C(C)Sc1ncnc2c1cnn2C. The maximum atomic E-state index is 12.6. The van der Waals surface area contributed by atoms with Crippen molar-refractivity contribution in [1.29, 1.82) is 0 Å². The van der Waals surface area contributed by atoms with Gasteiger partial charge in [-0.1, -0.05) is 23.4 Å². The van der Waals surface area contributed by atoms with E-state index >= 15 is 0 Å². The van der Waals surface area contributed by atoms with E-state index in [9.17, 15) is 4.79 Å². The van der Waals surface area contributed by atoms with E-state index in [0.29, 0.717) is 21.5 Å². The minimum Gasteiger partial charge on any atom is -0.495 e. The Labute approximate surface area is 160 Å². The molecule has 1 aromatic carbocycles. The number of rotatable bonds is 5. The van der Waals surface area contributed by atoms with Crippen LogP contribution in [-0.2, 0) is 11.8 Å². The Hall–Kier alpha value is -2.32. The number of amides is 1. The molecule has 2 aromatic heterocycles. The van der Waals surface area contributed by atoms with Crippen LogP contribution in [0.25, 0.3) is 11.0 Å². The van der Waals surface area contributed by atoms with E-state index < -0.39 is 0 Å². The normalized spacial score (nSPS) is 12.2. The molecule has 0 aliphatic heterocycles. The monoisotopic (exact) mass is 391 g/mol. The topological polar surface area (TPSA) is 81.9 Å². The Kier molecular flexibility index (Phi) is 5.33. The number of anilines is 1. The van der Waals surface area contributed by atoms with E-state index in [4.69, 9.17) is 16.3 Å². The van der Waals surface area contributed by atoms with Crippen LogP contribution >= 0.6 is 23.4 Å². The number of thioether (sulfide) groups is 1. The number of nitrogens with zero attached hydrogens (tertiary/aromatic N) is 4. The average molecular weight is 392 g/mol. The van der Waals surface area contributed by atoms with Crippen LogP contribution in [0.3, 0.4) is 0 Å². The average Bonchev–Trinajstić information content (AvgIpc) is 3.00. The van der Waals surface area contributed by atoms with Gasteiger partial charge in [-0.15, -0.1) is 0 Å². The van der Waals surface area contributed by atoms with E-state index in [2.05, 4.69) is 20.4 Å². The molecule has 0 radical (unpaired) electrons. The summed E-state index contributed by atoms with van der Waals surface area (Å²) in [6, 6.07) is 3.48. The highest BCUT2D eigenvalue weighted by Crippen LogP contribution is 2.32. The minimum atomic E-state index is -0.381. The number of nitrogens with one attached hydrogen (secondary N) is 1. The van der Waals surface area contributed by atoms with Gasteiger partial charge >= 0.3 is 0 Å². The molecule has 3 rings (SSSR count). The van der Waals surface area contributed by atoms with Crippen molar-refractivity contribution >= 4 is 46.0 Å². The highest BCUT2D eigenvalue weighted by molar-refractivity contribution is 8.00. The second-order valence-corrected chi connectivity index (χ2v) is 7.47. The summed E-state index contributed by atoms with van der Waals surface area (Å²) in [5.74, 6) is 0.355. The minimum absolute atomic E-state index is 0.161. The lowest BCUT2D eigenvalue weighted by molar-refractivity contribution is -0.115. The van der Waals surface area contributed by atoms with Crippen LogP contribution in [0.4, 0.5) is 5.69 Å². The molecule has 1 N–H and O–H groups in total. The van der Waals surface area contributed by atoms with Gasteiger partial charge in [0.2, 0.25) is 5.91 Å². The predicted octanol–water partition coefficient (Wildman–Crippen LogP) is 3.45. The first kappa shape index (κ1) is 18.5. The van der Waals surface area contributed by atoms with E-state index in [0.717, 1.165) is 16.6 Å². The van der Waals surface area contributed by atoms with Crippen molar-refractivity contribution in [2.24, 2.45) is 7.05 Å². The molecule has 26 heavy (non-hydrogen) atoms. The summed E-state index contributed by atoms with van der Waals surface area (Å²) in [5.41, 5.74) is 2.17. The number of fused-ring (bicyclic) bond motifs is 1. The summed E-state index contributed by atoms with van der Waals surface area (Å²) in [6.45, 7) is 3.69. The van der Waals surface area contributed by atoms with Crippen LogP contribution < -0.4 is 10.1 Å². The van der Waals surface area contributed by atoms with Gasteiger partial charge in [0.15, 0.2) is 5.65 Å². The number of aryl methyl sites for hydroxylation is 2. The van der Waals surface area contributed by atoms with Crippen LogP contribution in [-0.4, -0.2) is 38.0 Å². The zero-order chi connectivity index (χ0) is 18.8. The number of methoxy groups -OCH3 is 1. The summed E-state index contributed by atoms with van der Waals surface area (Å²) < 4.78 is 6.98. The summed E-state index contributed by atoms with van der Waals surface area (Å²) >= 11 is 7.46. The third-order valence-electron chi connectivity index (χ3n) is 3.89. The number of hydrogen-bond donors (Lipinski definition) is 1. The first-order chi connectivity index (χ1) is 12.4. The number of ether oxygens (including phenoxy) is 1. The van der Waals surface area contributed by atoms with Crippen LogP contribution in [0.15, 0.2) is 29.7 Å². The quantitative estimate of drug-likeness (QED) is 0.530. The fraction of sp³-hybridized carbons (Fsp3) is 0.294. The van der Waals surface area contributed by atoms with Crippen molar-refractivity contribution in [2.45, 2.75) is 24.1 Å². The molecule has 0 fully saturated rings. The van der Waals surface area contributed by atoms with Crippen molar-refractivity contribution in [3.8, 4) is 5.75 Å². The van der Waals surface area contributed by atoms with Crippen molar-refractivity contribution in [1.82, 2.24) is 19.7 Å². The number of benzene rings is 1. The van der Waals surface area contributed by atoms with Crippen LogP contribution in [0.2, 0.25) is 5.02 Å². The van der Waals surface area contributed by atoms with Gasteiger partial charge in [-0.3, -0.25) is 9.48 Å². The maximum Gasteiger partial charge on any atom is 0.237 e. The first-order valence-electron chi connectivity index (χ1n) is 7.85. The molecule has 0 saturated heterocycles. The molecule has 3 aromatic rings. The smallest absolute Gasteiger partial charge is 0.237 e. The lowest BCUT2D eigenvalue weighted by atomic mass is 10.2. The van der Waals surface area contributed by atoms with Gasteiger partial charge in [0.1, 0.15) is 17.1 Å². The van der Waals surface area contributed by atoms with Gasteiger partial charge in [0.05, 0.1) is 29.6 Å². The van der Waals surface area contributed by atoms with Crippen LogP contribution in [0.1, 0.15) is 12.5 Å². The van der Waals surface area contributed by atoms with Crippen molar-refractivity contribution < 1.29 is 9.53 Å². The Morgan fingerprint density at radius 1 is 1.38 bits per heavy atom. The van der Waals surface area contributed by atoms with Crippen molar-refractivity contribution in [3.63, 3.8) is 0 Å². The summed E-state index contributed by atoms with van der Waals surface area (Å²) in [7, 11) is 3.35. The van der Waals surface area contributed by atoms with Gasteiger partial charge < -0.3 is 10.1 Å². The molecule has 0 saturated carbocycles. The summed E-state index contributed by atoms with van der Waals surface area (Å²) in [5, 5.41) is 8.82. The molecule has 1 amide bonds. The van der Waals surface area contributed by atoms with Gasteiger partial charge in [0, 0.05) is 18.1 Å². The number of hydrogen-bond acceptors (Lipinski definition) is 6. The Bertz CT molecular complexity index is 975. The zero-order valence-corrected chi connectivity index (χ0v) is 16.4. The van der Waals surface area contributed by atoms with Crippen LogP contribution in [0.5, 0.6) is 5.75 Å². The molecule has 9 heteroatoms. The lowest BCUT2D eigenvalue weighted by Gasteiger charge is -2.15. The third-order valence-corrected chi connectivity index (χ3v) is 5.41. The first-order valence-corrected chi connectivity index (χ1v) is 9.10. The third kappa shape index (κ3) is 3.61. The summed E-state index contributed by atoms with van der Waals surface area (Å²) in [4.78, 5) is 21.1. The zero-order valence-electron chi connectivity index (χ0n) is 14.8. The molecule has 0 aliphatic carbocycles. The molecule has 0 spiro atoms. The molecule has 0 aliphatic rings. The van der Waals surface area contributed by atoms with E-state index in [1.807, 2.05) is 20.9 Å². The number of carbonyl (C=O) groups excluding carboxylic acids is 1. The standard InChI is InChI=1S/C17H18ClN5O2S/c1-9-5-13(14(25-4)6-12(9)18)22-16(24)10(2)26-17-11-7-21-23(3)15(11)19-8-20-17/h5-8,10H,1-4H3,(H,22,24). The molecule has 2 heterocycles. The largest absolute Gasteiger partial charge is 0.495 e. The fourth-order valence-electron chi connectivity index (χ4n) is 2.42. The van der Waals surface area contributed by atoms with E-state index in [-0.39, 0.29) is 11.2 Å². The second-order valence-electron chi connectivity index (χ2n) is 5.74. The van der Waals surface area contributed by atoms with Crippen molar-refractivity contribution in [3.05, 3.63) is 35.2 Å². The molecular formula is C17H18ClN5O2S. The van der Waals surface area contributed by atoms with Gasteiger partial charge in [-0.25, -0.2) is 9.97 Å². The lowest BCUT2D eigenvalue weighted by Crippen LogP contribution is -2.23. The molecule has 1 unspecified atom stereocenters. The molecule has 7 nitrogen and oxygen atoms in total. The van der Waals surface area contributed by atoms with E-state index in [1.54, 1.807) is 23.0 Å². The molecule has 136 valence electrons. The van der Waals surface area contributed by atoms with Gasteiger partial charge in [0.25, 0.3) is 0 Å². The van der Waals surface area contributed by atoms with Gasteiger partial charge in [-0.05, 0) is 25.5 Å². The Morgan fingerprint density at radius 3 is 2.88 bits per heavy atom. The second kappa shape index (κ2) is 7.51. The fourth-order valence-corrected chi connectivity index (χ4v) is 3.45. The van der Waals surface area contributed by atoms with E-state index in [1.165, 1.54) is 25.2 Å². The summed E-state index contributed by atoms with van der Waals surface area (Å²) in [6.07, 6.45) is 3.18. The molecular weight excluding hydrogens is 374 g/mol. The number of aromatic nitrogens is 4. The highest BCUT2D eigenvalue weighted by atomic mass is 35.5. The van der Waals surface area contributed by atoms with Crippen molar-refractivity contribution in [2.75, 3.05) is 12.4 Å². The Balaban J connectivity index is 1.79. The molecule has 0 bridgehead atoms. The number of halogens is 1. The maximum absolute atomic E-state index is 12.6. The number of carbonyl (C=O) groups is 1.